The number of aromatic nitrogens is 2. The van der Waals surface area contributed by atoms with Crippen LogP contribution in [0, 0.1) is 0 Å². The zero-order valence-corrected chi connectivity index (χ0v) is 13.6. The average Bonchev–Trinajstić information content (AvgIpc) is 2.90. The number of anilines is 1. The van der Waals surface area contributed by atoms with Crippen molar-refractivity contribution < 1.29 is 4.79 Å². The number of amides is 1. The van der Waals surface area contributed by atoms with Gasteiger partial charge in [0.05, 0.1) is 5.25 Å². The minimum Gasteiger partial charge on any atom is -0.374 e. The molecule has 2 aromatic rings. The maximum atomic E-state index is 12.1. The largest absolute Gasteiger partial charge is 0.374 e. The Balaban J connectivity index is 1.81. The number of nitrogens with one attached hydrogen (secondary N) is 1. The van der Waals surface area contributed by atoms with Crippen LogP contribution >= 0.6 is 23.1 Å². The van der Waals surface area contributed by atoms with Crippen LogP contribution in [0.3, 0.4) is 0 Å². The van der Waals surface area contributed by atoms with Crippen LogP contribution in [0.1, 0.15) is 25.3 Å². The van der Waals surface area contributed by atoms with Crippen LogP contribution in [0.2, 0.25) is 0 Å². The minimum absolute atomic E-state index is 0.00319. The molecule has 1 aromatic carbocycles. The molecule has 0 saturated carbocycles. The summed E-state index contributed by atoms with van der Waals surface area (Å²) in [5, 5.41) is 10.8. The highest BCUT2D eigenvalue weighted by molar-refractivity contribution is 8.02. The molecule has 2 unspecified atom stereocenters. The highest BCUT2D eigenvalue weighted by atomic mass is 32.2. The summed E-state index contributed by atoms with van der Waals surface area (Å²) in [6.07, 6.45) is 0. The van der Waals surface area contributed by atoms with Crippen molar-refractivity contribution in [1.82, 2.24) is 15.5 Å². The third-order valence-electron chi connectivity index (χ3n) is 3.02. The molecule has 0 spiro atoms. The lowest BCUT2D eigenvalue weighted by molar-refractivity contribution is -0.120. The summed E-state index contributed by atoms with van der Waals surface area (Å²) in [5.41, 5.74) is 6.74. The number of benzene rings is 1. The van der Waals surface area contributed by atoms with Crippen molar-refractivity contribution in [3.8, 4) is 0 Å². The molecular formula is C14H18N4OS2. The van der Waals surface area contributed by atoms with Gasteiger partial charge in [0.15, 0.2) is 4.34 Å². The standard InChI is InChI=1S/C14H18N4OS2/c1-9(11-6-4-3-5-7-11)8-16-12(19)10(2)20-14-18-17-13(15)21-14/h3-7,9-10H,8H2,1-2H3,(H2,15,17)(H,16,19). The van der Waals surface area contributed by atoms with E-state index >= 15 is 0 Å². The normalized spacial score (nSPS) is 13.6. The fraction of sp³-hybridized carbons (Fsp3) is 0.357. The molecule has 7 heteroatoms. The van der Waals surface area contributed by atoms with E-state index in [1.165, 1.54) is 28.7 Å². The van der Waals surface area contributed by atoms with Crippen molar-refractivity contribution in [2.45, 2.75) is 29.4 Å². The molecule has 1 aromatic heterocycles. The second-order valence-electron chi connectivity index (χ2n) is 4.72. The van der Waals surface area contributed by atoms with Crippen molar-refractivity contribution >= 4 is 34.1 Å². The van der Waals surface area contributed by atoms with Crippen molar-refractivity contribution in [3.63, 3.8) is 0 Å². The van der Waals surface area contributed by atoms with Crippen molar-refractivity contribution in [3.05, 3.63) is 35.9 Å². The average molecular weight is 322 g/mol. The van der Waals surface area contributed by atoms with E-state index in [1.54, 1.807) is 0 Å². The van der Waals surface area contributed by atoms with Crippen LogP contribution in [-0.4, -0.2) is 27.9 Å². The van der Waals surface area contributed by atoms with E-state index in [9.17, 15) is 4.79 Å². The van der Waals surface area contributed by atoms with E-state index in [2.05, 4.69) is 34.6 Å². The lowest BCUT2D eigenvalue weighted by Crippen LogP contribution is -2.33. The first-order chi connectivity index (χ1) is 10.1. The number of nitrogens with zero attached hydrogens (tertiary/aromatic N) is 2. The first-order valence-electron chi connectivity index (χ1n) is 6.64. The van der Waals surface area contributed by atoms with E-state index in [4.69, 9.17) is 5.73 Å². The van der Waals surface area contributed by atoms with Gasteiger partial charge in [0.25, 0.3) is 0 Å². The zero-order chi connectivity index (χ0) is 15.2. The predicted molar refractivity (Wildman–Crippen MR) is 87.5 cm³/mol. The maximum absolute atomic E-state index is 12.1. The summed E-state index contributed by atoms with van der Waals surface area (Å²) in [6, 6.07) is 10.1. The maximum Gasteiger partial charge on any atom is 0.233 e. The number of hydrogen-bond donors (Lipinski definition) is 2. The summed E-state index contributed by atoms with van der Waals surface area (Å²) in [4.78, 5) is 12.1. The Morgan fingerprint density at radius 1 is 1.33 bits per heavy atom. The van der Waals surface area contributed by atoms with Gasteiger partial charge in [-0.15, -0.1) is 10.2 Å². The molecule has 2 rings (SSSR count). The molecule has 0 aliphatic rings. The lowest BCUT2D eigenvalue weighted by Gasteiger charge is -2.15. The Kier molecular flexibility index (Phi) is 5.58. The summed E-state index contributed by atoms with van der Waals surface area (Å²) >= 11 is 2.67. The van der Waals surface area contributed by atoms with Crippen molar-refractivity contribution in [2.75, 3.05) is 12.3 Å². The third kappa shape index (κ3) is 4.71. The molecule has 112 valence electrons. The number of hydrogen-bond acceptors (Lipinski definition) is 6. The molecule has 3 N–H and O–H groups in total. The Morgan fingerprint density at radius 2 is 2.05 bits per heavy atom. The molecule has 2 atom stereocenters. The molecule has 21 heavy (non-hydrogen) atoms. The number of carbonyl (C=O) groups is 1. The highest BCUT2D eigenvalue weighted by Crippen LogP contribution is 2.27. The van der Waals surface area contributed by atoms with E-state index in [-0.39, 0.29) is 17.1 Å². The van der Waals surface area contributed by atoms with Gasteiger partial charge in [-0.2, -0.15) is 0 Å². The molecule has 0 fully saturated rings. The van der Waals surface area contributed by atoms with Crippen LogP contribution < -0.4 is 11.1 Å². The molecule has 5 nitrogen and oxygen atoms in total. The SMILES string of the molecule is CC(Sc1nnc(N)s1)C(=O)NCC(C)c1ccccc1. The van der Waals surface area contributed by atoms with Crippen LogP contribution in [0.25, 0.3) is 0 Å². The van der Waals surface area contributed by atoms with Crippen LogP contribution in [0.5, 0.6) is 0 Å². The first kappa shape index (κ1) is 15.8. The van der Waals surface area contributed by atoms with Gasteiger partial charge in [0.2, 0.25) is 11.0 Å². The summed E-state index contributed by atoms with van der Waals surface area (Å²) < 4.78 is 0.714. The van der Waals surface area contributed by atoms with Gasteiger partial charge in [0, 0.05) is 6.54 Å². The van der Waals surface area contributed by atoms with E-state index in [1.807, 2.05) is 25.1 Å². The van der Waals surface area contributed by atoms with E-state index in [0.29, 0.717) is 16.0 Å². The first-order valence-corrected chi connectivity index (χ1v) is 8.34. The molecule has 1 amide bonds. The Labute approximate surface area is 132 Å². The Morgan fingerprint density at radius 3 is 2.67 bits per heavy atom. The van der Waals surface area contributed by atoms with Gasteiger partial charge in [-0.1, -0.05) is 60.4 Å². The second kappa shape index (κ2) is 7.42. The number of rotatable bonds is 6. The molecule has 1 heterocycles. The molecule has 0 bridgehead atoms. The summed E-state index contributed by atoms with van der Waals surface area (Å²) in [5.74, 6) is 0.279. The Bertz CT molecular complexity index is 588. The summed E-state index contributed by atoms with van der Waals surface area (Å²) in [6.45, 7) is 4.57. The molecule has 0 saturated heterocycles. The quantitative estimate of drug-likeness (QED) is 0.799. The molecular weight excluding hydrogens is 304 g/mol. The van der Waals surface area contributed by atoms with Gasteiger partial charge in [0.1, 0.15) is 0 Å². The van der Waals surface area contributed by atoms with Gasteiger partial charge in [-0.25, -0.2) is 0 Å². The van der Waals surface area contributed by atoms with Gasteiger partial charge < -0.3 is 11.1 Å². The second-order valence-corrected chi connectivity index (χ2v) is 7.32. The monoisotopic (exact) mass is 322 g/mol. The fourth-order valence-electron chi connectivity index (χ4n) is 1.77. The lowest BCUT2D eigenvalue weighted by atomic mass is 10.0. The molecule has 0 radical (unpaired) electrons. The van der Waals surface area contributed by atoms with Gasteiger partial charge in [-0.3, -0.25) is 4.79 Å². The fourth-order valence-corrected chi connectivity index (χ4v) is 3.57. The highest BCUT2D eigenvalue weighted by Gasteiger charge is 2.17. The van der Waals surface area contributed by atoms with Crippen molar-refractivity contribution in [2.24, 2.45) is 0 Å². The predicted octanol–water partition coefficient (Wildman–Crippen LogP) is 2.52. The number of nitrogens with two attached hydrogens (primary N) is 1. The smallest absolute Gasteiger partial charge is 0.233 e. The number of thioether (sulfide) groups is 1. The number of nitrogen functional groups attached to an aromatic ring is 1. The summed E-state index contributed by atoms with van der Waals surface area (Å²) in [7, 11) is 0. The van der Waals surface area contributed by atoms with Gasteiger partial charge in [-0.05, 0) is 18.4 Å². The molecule has 0 aliphatic carbocycles. The van der Waals surface area contributed by atoms with E-state index < -0.39 is 0 Å². The Hall–Kier alpha value is -1.60. The van der Waals surface area contributed by atoms with Crippen LogP contribution in [0.4, 0.5) is 5.13 Å². The topological polar surface area (TPSA) is 80.9 Å². The van der Waals surface area contributed by atoms with E-state index in [0.717, 1.165) is 0 Å². The van der Waals surface area contributed by atoms with Crippen LogP contribution in [-0.2, 0) is 4.79 Å². The van der Waals surface area contributed by atoms with Gasteiger partial charge >= 0.3 is 0 Å². The third-order valence-corrected chi connectivity index (χ3v) is 4.96. The molecule has 0 aliphatic heterocycles. The minimum atomic E-state index is -0.222. The zero-order valence-electron chi connectivity index (χ0n) is 11.9. The van der Waals surface area contributed by atoms with Crippen LogP contribution in [0.15, 0.2) is 34.7 Å². The number of carbonyl (C=O) groups excluding carboxylic acids is 1. The van der Waals surface area contributed by atoms with Crippen molar-refractivity contribution in [1.29, 1.82) is 0 Å².